The van der Waals surface area contributed by atoms with Crippen LogP contribution in [-0.2, 0) is 15.1 Å². The highest BCUT2D eigenvalue weighted by Crippen LogP contribution is 2.58. The van der Waals surface area contributed by atoms with Gasteiger partial charge in [-0.1, -0.05) is 55.8 Å². The van der Waals surface area contributed by atoms with Crippen LogP contribution in [0, 0.1) is 31.1 Å². The number of fused-ring (bicyclic) bond motifs is 2. The molecule has 0 radical (unpaired) electrons. The molecule has 0 heterocycles. The average molecular weight is 419 g/mol. The van der Waals surface area contributed by atoms with Gasteiger partial charge >= 0.3 is 0 Å². The molecule has 2 aliphatic carbocycles. The van der Waals surface area contributed by atoms with Crippen molar-refractivity contribution in [1.29, 1.82) is 0 Å². The van der Waals surface area contributed by atoms with Crippen molar-refractivity contribution in [3.63, 3.8) is 0 Å². The number of hydrogen-bond donors (Lipinski definition) is 1. The Balaban J connectivity index is 1.87. The summed E-state index contributed by atoms with van der Waals surface area (Å²) in [5.41, 5.74) is 8.27. The monoisotopic (exact) mass is 419 g/mol. The van der Waals surface area contributed by atoms with Gasteiger partial charge in [0.2, 0.25) is 0 Å². The van der Waals surface area contributed by atoms with Gasteiger partial charge in [-0.15, -0.1) is 20.2 Å². The summed E-state index contributed by atoms with van der Waals surface area (Å²) in [6.45, 7) is 4.31. The molecule has 9 heteroatoms. The second-order valence-electron chi connectivity index (χ2n) is 9.47. The van der Waals surface area contributed by atoms with Gasteiger partial charge in [-0.3, -0.25) is 0 Å². The molecule has 0 spiro atoms. The fourth-order valence-corrected chi connectivity index (χ4v) is 5.93. The Bertz CT molecular complexity index is 831. The largest absolute Gasteiger partial charge is 0.330 e. The zero-order chi connectivity index (χ0) is 22.0. The zero-order valence-corrected chi connectivity index (χ0v) is 17.4. The van der Waals surface area contributed by atoms with Gasteiger partial charge in [0, 0.05) is 0 Å². The van der Waals surface area contributed by atoms with E-state index in [1.165, 1.54) is 11.1 Å². The van der Waals surface area contributed by atoms with Gasteiger partial charge in [-0.05, 0) is 60.5 Å². The maximum absolute atomic E-state index is 10.9. The molecule has 3 rings (SSSR count). The molecule has 4 atom stereocenters. The summed E-state index contributed by atoms with van der Waals surface area (Å²) in [5.74, 6) is 0. The Morgan fingerprint density at radius 1 is 1.10 bits per heavy atom. The lowest BCUT2D eigenvalue weighted by molar-refractivity contribution is -0.790. The normalized spacial score (nSPS) is 31.4. The molecule has 2 bridgehead atoms. The highest BCUT2D eigenvalue weighted by molar-refractivity contribution is 5.33. The smallest absolute Gasteiger partial charge is 0.294 e. The van der Waals surface area contributed by atoms with Crippen LogP contribution in [0.15, 0.2) is 42.0 Å². The van der Waals surface area contributed by atoms with E-state index in [4.69, 9.17) is 10.6 Å². The molecule has 1 aromatic carbocycles. The minimum Gasteiger partial charge on any atom is -0.330 e. The predicted octanol–water partition coefficient (Wildman–Crippen LogP) is 3.59. The van der Waals surface area contributed by atoms with Gasteiger partial charge in [0.15, 0.2) is 0 Å². The lowest BCUT2D eigenvalue weighted by atomic mass is 9.51. The minimum absolute atomic E-state index is 0.0302. The van der Waals surface area contributed by atoms with E-state index < -0.39 is 28.3 Å². The molecule has 9 nitrogen and oxygen atoms in total. The summed E-state index contributed by atoms with van der Waals surface area (Å²) in [6, 6.07) is 10.4. The van der Waals surface area contributed by atoms with Crippen molar-refractivity contribution in [1.82, 2.24) is 0 Å². The van der Waals surface area contributed by atoms with Gasteiger partial charge in [0.1, 0.15) is 12.7 Å². The Kier molecular flexibility index (Phi) is 6.03. The third-order valence-electron chi connectivity index (χ3n) is 6.51. The molecule has 0 aromatic heterocycles. The molecule has 2 aliphatic rings. The number of nitrogens with two attached hydrogens (primary N) is 1. The van der Waals surface area contributed by atoms with E-state index >= 15 is 0 Å². The maximum atomic E-state index is 10.9. The first-order valence-corrected chi connectivity index (χ1v) is 10.1. The van der Waals surface area contributed by atoms with E-state index in [0.29, 0.717) is 6.54 Å². The van der Waals surface area contributed by atoms with Crippen molar-refractivity contribution < 1.29 is 19.8 Å². The summed E-state index contributed by atoms with van der Waals surface area (Å²) < 4.78 is 0. The lowest BCUT2D eigenvalue weighted by Gasteiger charge is -2.54. The van der Waals surface area contributed by atoms with E-state index in [1.54, 1.807) is 0 Å². The first kappa shape index (κ1) is 22.0. The van der Waals surface area contributed by atoms with Crippen LogP contribution in [0.3, 0.4) is 0 Å². The number of nitrogens with zero attached hydrogens (tertiary/aromatic N) is 2. The molecular weight excluding hydrogens is 390 g/mol. The van der Waals surface area contributed by atoms with Crippen LogP contribution >= 0.6 is 0 Å². The number of benzene rings is 1. The fraction of sp³-hybridized carbons (Fsp3) is 0.619. The van der Waals surface area contributed by atoms with Gasteiger partial charge in [-0.2, -0.15) is 0 Å². The molecule has 2 N–H and O–H groups in total. The maximum Gasteiger partial charge on any atom is 0.294 e. The Hall–Kier alpha value is -2.68. The number of hydrogen-bond acceptors (Lipinski definition) is 7. The Labute approximate surface area is 175 Å². The third kappa shape index (κ3) is 4.89. The lowest BCUT2D eigenvalue weighted by Crippen LogP contribution is -2.49. The predicted molar refractivity (Wildman–Crippen MR) is 109 cm³/mol. The number of rotatable bonds is 9. The second kappa shape index (κ2) is 8.22. The van der Waals surface area contributed by atoms with Crippen molar-refractivity contribution in [2.45, 2.75) is 57.5 Å². The molecule has 0 aliphatic heterocycles. The molecule has 1 fully saturated rings. The van der Waals surface area contributed by atoms with Crippen LogP contribution in [0.25, 0.3) is 0 Å². The first-order valence-electron chi connectivity index (χ1n) is 10.1. The number of allylic oxidation sites excluding steroid dienone is 2. The van der Waals surface area contributed by atoms with E-state index in [0.717, 1.165) is 25.7 Å². The standard InChI is InChI=1S/C21H29N3O6/c1-19(11-18(30-24(27)28)12-29-23(25)26)8-16-9-20(2,17-6-4-3-5-7-17)14-21(10-16,13-19)15-22/h3-8,18H,9-15,22H2,1-2H3. The van der Waals surface area contributed by atoms with Crippen LogP contribution < -0.4 is 5.73 Å². The van der Waals surface area contributed by atoms with Crippen LogP contribution in [0.1, 0.15) is 51.5 Å². The van der Waals surface area contributed by atoms with Gasteiger partial charge in [0.25, 0.3) is 10.2 Å². The zero-order valence-electron chi connectivity index (χ0n) is 17.4. The highest BCUT2D eigenvalue weighted by atomic mass is 17.0. The van der Waals surface area contributed by atoms with Crippen molar-refractivity contribution in [3.8, 4) is 0 Å². The summed E-state index contributed by atoms with van der Waals surface area (Å²) in [4.78, 5) is 30.5. The highest BCUT2D eigenvalue weighted by Gasteiger charge is 2.50. The van der Waals surface area contributed by atoms with Crippen LogP contribution in [0.2, 0.25) is 0 Å². The van der Waals surface area contributed by atoms with Crippen molar-refractivity contribution in [3.05, 3.63) is 67.8 Å². The van der Waals surface area contributed by atoms with Crippen molar-refractivity contribution in [2.24, 2.45) is 16.6 Å². The summed E-state index contributed by atoms with van der Waals surface area (Å²) in [5, 5.41) is 19.6. The van der Waals surface area contributed by atoms with E-state index in [2.05, 4.69) is 30.0 Å². The molecule has 164 valence electrons. The molecule has 0 amide bonds. The fourth-order valence-electron chi connectivity index (χ4n) is 5.93. The molecule has 1 saturated carbocycles. The molecule has 30 heavy (non-hydrogen) atoms. The van der Waals surface area contributed by atoms with E-state index in [-0.39, 0.29) is 17.3 Å². The molecule has 1 aromatic rings. The second-order valence-corrected chi connectivity index (χ2v) is 9.47. The van der Waals surface area contributed by atoms with Crippen LogP contribution in [0.5, 0.6) is 0 Å². The Morgan fingerprint density at radius 2 is 1.80 bits per heavy atom. The molecular formula is C21H29N3O6. The van der Waals surface area contributed by atoms with Crippen molar-refractivity contribution >= 4 is 0 Å². The Morgan fingerprint density at radius 3 is 2.40 bits per heavy atom. The quantitative estimate of drug-likeness (QED) is 0.367. The SMILES string of the molecule is CC1(CC(CO[N+](=O)[O-])O[N+](=O)[O-])C=C2CC(CN)(C1)CC(C)(c1ccccc1)C2. The average Bonchev–Trinajstić information content (AvgIpc) is 2.65. The molecule has 4 unspecified atom stereocenters. The summed E-state index contributed by atoms with van der Waals surface area (Å²) in [6.07, 6.45) is 4.85. The summed E-state index contributed by atoms with van der Waals surface area (Å²) in [7, 11) is 0. The molecule has 0 saturated heterocycles. The van der Waals surface area contributed by atoms with Gasteiger partial charge < -0.3 is 15.4 Å². The van der Waals surface area contributed by atoms with Gasteiger partial charge in [0.05, 0.1) is 0 Å². The topological polar surface area (TPSA) is 131 Å². The van der Waals surface area contributed by atoms with Crippen LogP contribution in [-0.4, -0.2) is 29.4 Å². The third-order valence-corrected chi connectivity index (χ3v) is 6.51. The minimum atomic E-state index is -1.03. The van der Waals surface area contributed by atoms with Crippen molar-refractivity contribution in [2.75, 3.05) is 13.2 Å². The van der Waals surface area contributed by atoms with Gasteiger partial charge in [-0.25, -0.2) is 0 Å². The van der Waals surface area contributed by atoms with Crippen LogP contribution in [0.4, 0.5) is 0 Å². The van der Waals surface area contributed by atoms with E-state index in [1.807, 2.05) is 25.1 Å². The first-order chi connectivity index (χ1) is 14.1. The summed E-state index contributed by atoms with van der Waals surface area (Å²) >= 11 is 0. The van der Waals surface area contributed by atoms with E-state index in [9.17, 15) is 20.2 Å².